The van der Waals surface area contributed by atoms with Gasteiger partial charge in [-0.3, -0.25) is 0 Å². The molecule has 5 nitrogen and oxygen atoms in total. The Labute approximate surface area is 119 Å². The van der Waals surface area contributed by atoms with Gasteiger partial charge in [-0.15, -0.1) is 0 Å². The van der Waals surface area contributed by atoms with E-state index in [9.17, 15) is 8.42 Å². The van der Waals surface area contributed by atoms with Gasteiger partial charge in [0.1, 0.15) is 5.75 Å². The van der Waals surface area contributed by atoms with Crippen LogP contribution in [0.15, 0.2) is 23.1 Å². The van der Waals surface area contributed by atoms with Gasteiger partial charge in [0.15, 0.2) is 0 Å². The van der Waals surface area contributed by atoms with Gasteiger partial charge in [0.2, 0.25) is 10.0 Å². The fourth-order valence-corrected chi connectivity index (χ4v) is 3.99. The summed E-state index contributed by atoms with van der Waals surface area (Å²) in [5.41, 5.74) is 0.976. The molecule has 0 aromatic heterocycles. The molecule has 0 aliphatic carbocycles. The van der Waals surface area contributed by atoms with E-state index in [0.29, 0.717) is 30.6 Å². The Hall–Kier alpha value is -1.11. The van der Waals surface area contributed by atoms with Crippen molar-refractivity contribution in [2.75, 3.05) is 33.4 Å². The number of sulfonamides is 1. The first-order valence-electron chi connectivity index (χ1n) is 6.87. The Morgan fingerprint density at radius 1 is 1.35 bits per heavy atom. The number of hydrogen-bond acceptors (Lipinski definition) is 4. The Balaban J connectivity index is 1.79. The first kappa shape index (κ1) is 13.9. The van der Waals surface area contributed by atoms with Gasteiger partial charge < -0.3 is 9.47 Å². The summed E-state index contributed by atoms with van der Waals surface area (Å²) in [6.45, 7) is 2.52. The number of fused-ring (bicyclic) bond motifs is 1. The second-order valence-electron chi connectivity index (χ2n) is 5.38. The lowest BCUT2D eigenvalue weighted by atomic mass is 10.1. The zero-order chi connectivity index (χ0) is 14.2. The maximum absolute atomic E-state index is 12.6. The molecule has 0 amide bonds. The van der Waals surface area contributed by atoms with Gasteiger partial charge >= 0.3 is 0 Å². The zero-order valence-corrected chi connectivity index (χ0v) is 12.4. The molecule has 3 rings (SSSR count). The van der Waals surface area contributed by atoms with E-state index in [0.717, 1.165) is 30.8 Å². The smallest absolute Gasteiger partial charge is 0.242 e. The van der Waals surface area contributed by atoms with E-state index >= 15 is 0 Å². The third kappa shape index (κ3) is 2.55. The van der Waals surface area contributed by atoms with Crippen LogP contribution in [0.3, 0.4) is 0 Å². The lowest BCUT2D eigenvalue weighted by Gasteiger charge is -2.20. The molecule has 110 valence electrons. The lowest BCUT2D eigenvalue weighted by molar-refractivity contribution is 0.182. The molecule has 20 heavy (non-hydrogen) atoms. The van der Waals surface area contributed by atoms with E-state index in [-0.39, 0.29) is 0 Å². The summed E-state index contributed by atoms with van der Waals surface area (Å²) < 4.78 is 37.3. The zero-order valence-electron chi connectivity index (χ0n) is 11.5. The second-order valence-corrected chi connectivity index (χ2v) is 7.43. The molecular weight excluding hydrogens is 278 g/mol. The molecule has 2 heterocycles. The summed E-state index contributed by atoms with van der Waals surface area (Å²) >= 11 is 0. The normalized spacial score (nSPS) is 22.0. The molecule has 0 saturated carbocycles. The van der Waals surface area contributed by atoms with Crippen molar-refractivity contribution in [3.8, 4) is 5.75 Å². The third-order valence-corrected chi connectivity index (χ3v) is 5.73. The number of nitrogens with zero attached hydrogens (tertiary/aromatic N) is 1. The van der Waals surface area contributed by atoms with E-state index in [1.807, 2.05) is 0 Å². The minimum absolute atomic E-state index is 0.299. The van der Waals surface area contributed by atoms with Crippen molar-refractivity contribution < 1.29 is 17.9 Å². The van der Waals surface area contributed by atoms with Crippen LogP contribution < -0.4 is 4.74 Å². The minimum Gasteiger partial charge on any atom is -0.493 e. The summed E-state index contributed by atoms with van der Waals surface area (Å²) in [5, 5.41) is 0. The molecule has 1 fully saturated rings. The highest BCUT2D eigenvalue weighted by atomic mass is 32.2. The predicted octanol–water partition coefficient (Wildman–Crippen LogP) is 1.28. The number of ether oxygens (including phenoxy) is 2. The predicted molar refractivity (Wildman–Crippen MR) is 74.4 cm³/mol. The largest absolute Gasteiger partial charge is 0.493 e. The quantitative estimate of drug-likeness (QED) is 0.840. The number of benzene rings is 1. The number of rotatable bonds is 4. The van der Waals surface area contributed by atoms with Crippen molar-refractivity contribution in [2.45, 2.75) is 17.7 Å². The van der Waals surface area contributed by atoms with Gasteiger partial charge in [-0.25, -0.2) is 12.7 Å². The molecule has 1 atom stereocenters. The van der Waals surface area contributed by atoms with E-state index in [2.05, 4.69) is 0 Å². The van der Waals surface area contributed by atoms with Crippen LogP contribution in [0.4, 0.5) is 0 Å². The molecular formula is C14H19NO4S. The molecule has 0 bridgehead atoms. The molecule has 1 saturated heterocycles. The van der Waals surface area contributed by atoms with E-state index in [1.165, 1.54) is 4.31 Å². The fourth-order valence-electron chi connectivity index (χ4n) is 2.69. The maximum atomic E-state index is 12.6. The van der Waals surface area contributed by atoms with E-state index < -0.39 is 10.0 Å². The molecule has 0 spiro atoms. The van der Waals surface area contributed by atoms with Crippen molar-refractivity contribution in [1.29, 1.82) is 0 Å². The van der Waals surface area contributed by atoms with Crippen LogP contribution in [0.2, 0.25) is 0 Å². The standard InChI is InChI=1S/C14H19NO4S/c1-15(9-11-4-6-18-10-11)20(16,17)13-2-3-14-12(8-13)5-7-19-14/h2-3,8,11H,4-7,9-10H2,1H3. The molecule has 6 heteroatoms. The first-order chi connectivity index (χ1) is 9.57. The maximum Gasteiger partial charge on any atom is 0.242 e. The van der Waals surface area contributed by atoms with Crippen molar-refractivity contribution in [2.24, 2.45) is 5.92 Å². The summed E-state index contributed by atoms with van der Waals surface area (Å²) in [6, 6.07) is 5.11. The van der Waals surface area contributed by atoms with E-state index in [1.54, 1.807) is 25.2 Å². The van der Waals surface area contributed by atoms with Gasteiger partial charge in [-0.05, 0) is 36.1 Å². The number of hydrogen-bond donors (Lipinski definition) is 0. The van der Waals surface area contributed by atoms with E-state index in [4.69, 9.17) is 9.47 Å². The molecule has 1 unspecified atom stereocenters. The third-order valence-electron chi connectivity index (χ3n) is 3.91. The second kappa shape index (κ2) is 5.35. The van der Waals surface area contributed by atoms with Gasteiger partial charge in [-0.2, -0.15) is 0 Å². The topological polar surface area (TPSA) is 55.8 Å². The summed E-state index contributed by atoms with van der Waals surface area (Å²) in [4.78, 5) is 0.350. The highest BCUT2D eigenvalue weighted by Gasteiger charge is 2.27. The summed E-state index contributed by atoms with van der Waals surface area (Å²) in [6.07, 6.45) is 1.71. The van der Waals surface area contributed by atoms with Gasteiger partial charge in [0.05, 0.1) is 18.1 Å². The van der Waals surface area contributed by atoms with Crippen LogP contribution in [-0.4, -0.2) is 46.1 Å². The summed E-state index contributed by atoms with van der Waals surface area (Å²) in [7, 11) is -1.79. The van der Waals surface area contributed by atoms with Gasteiger partial charge in [0, 0.05) is 26.6 Å². The molecule has 2 aliphatic heterocycles. The molecule has 1 aromatic carbocycles. The van der Waals surface area contributed by atoms with Crippen molar-refractivity contribution in [3.05, 3.63) is 23.8 Å². The molecule has 0 radical (unpaired) electrons. The minimum atomic E-state index is -3.43. The van der Waals surface area contributed by atoms with Crippen LogP contribution in [0.1, 0.15) is 12.0 Å². The molecule has 1 aromatic rings. The van der Waals surface area contributed by atoms with Crippen LogP contribution in [0.5, 0.6) is 5.75 Å². The van der Waals surface area contributed by atoms with Crippen LogP contribution in [0.25, 0.3) is 0 Å². The van der Waals surface area contributed by atoms with Crippen LogP contribution >= 0.6 is 0 Å². The molecule has 2 aliphatic rings. The average Bonchev–Trinajstić information content (AvgIpc) is 3.07. The van der Waals surface area contributed by atoms with Crippen molar-refractivity contribution in [3.63, 3.8) is 0 Å². The Morgan fingerprint density at radius 2 is 2.20 bits per heavy atom. The molecule has 0 N–H and O–H groups in total. The van der Waals surface area contributed by atoms with Crippen LogP contribution in [-0.2, 0) is 21.2 Å². The average molecular weight is 297 g/mol. The van der Waals surface area contributed by atoms with Crippen LogP contribution in [0, 0.1) is 5.92 Å². The van der Waals surface area contributed by atoms with Gasteiger partial charge in [-0.1, -0.05) is 0 Å². The highest BCUT2D eigenvalue weighted by molar-refractivity contribution is 7.89. The Morgan fingerprint density at radius 3 is 2.95 bits per heavy atom. The summed E-state index contributed by atoms with van der Waals surface area (Å²) in [5.74, 6) is 1.10. The van der Waals surface area contributed by atoms with Crippen molar-refractivity contribution >= 4 is 10.0 Å². The van der Waals surface area contributed by atoms with Crippen molar-refractivity contribution in [1.82, 2.24) is 4.31 Å². The monoisotopic (exact) mass is 297 g/mol. The van der Waals surface area contributed by atoms with Gasteiger partial charge in [0.25, 0.3) is 0 Å². The SMILES string of the molecule is CN(CC1CCOC1)S(=O)(=O)c1ccc2c(c1)CCO2. The Kier molecular flexibility index (Phi) is 3.70. The fraction of sp³-hybridized carbons (Fsp3) is 0.571. The first-order valence-corrected chi connectivity index (χ1v) is 8.31. The Bertz CT molecular complexity index is 593. The highest BCUT2D eigenvalue weighted by Crippen LogP contribution is 2.29. The lowest BCUT2D eigenvalue weighted by Crippen LogP contribution is -2.32.